The Balaban J connectivity index is -0.0000000575. The molecule has 0 fully saturated rings. The Labute approximate surface area is 49.3 Å². The van der Waals surface area contributed by atoms with Gasteiger partial charge in [0.15, 0.2) is 0 Å². The van der Waals surface area contributed by atoms with Gasteiger partial charge in [0.1, 0.15) is 0 Å². The van der Waals surface area contributed by atoms with E-state index in [9.17, 15) is 0 Å². The van der Waals surface area contributed by atoms with Crippen LogP contribution < -0.4 is 11.9 Å². The standard InChI is InChI=1S/C2H7N.C2H4O2.H3N/c1-2-3;1-2(3)4;/h2-3H2,1H3;1H3,(H,3,4);1H3. The van der Waals surface area contributed by atoms with E-state index in [1.165, 1.54) is 0 Å². The molecular weight excluding hydrogens is 108 g/mol. The average molecular weight is 122 g/mol. The molecule has 6 N–H and O–H groups in total. The van der Waals surface area contributed by atoms with Gasteiger partial charge < -0.3 is 17.0 Å². The van der Waals surface area contributed by atoms with Crippen molar-refractivity contribution in [3.05, 3.63) is 0 Å². The van der Waals surface area contributed by atoms with Crippen molar-refractivity contribution in [1.82, 2.24) is 6.15 Å². The molecule has 0 unspecified atom stereocenters. The van der Waals surface area contributed by atoms with Gasteiger partial charge in [-0.25, -0.2) is 0 Å². The normalized spacial score (nSPS) is 5.38. The number of aliphatic carboxylic acids is 1. The van der Waals surface area contributed by atoms with Crippen molar-refractivity contribution in [1.29, 1.82) is 0 Å². The van der Waals surface area contributed by atoms with Crippen LogP contribution in [0.5, 0.6) is 0 Å². The van der Waals surface area contributed by atoms with Crippen LogP contribution in [0.4, 0.5) is 0 Å². The molecule has 8 heavy (non-hydrogen) atoms. The molecular formula is C4H14N2O2. The summed E-state index contributed by atoms with van der Waals surface area (Å²) < 4.78 is 0. The average Bonchev–Trinajstić information content (AvgIpc) is 1.33. The number of hydrogen-bond donors (Lipinski definition) is 3. The molecule has 0 aliphatic carbocycles. The predicted molar refractivity (Wildman–Crippen MR) is 33.1 cm³/mol. The highest BCUT2D eigenvalue weighted by molar-refractivity contribution is 5.62. The molecule has 0 heterocycles. The second-order valence-corrected chi connectivity index (χ2v) is 0.927. The van der Waals surface area contributed by atoms with Crippen LogP contribution in [0.15, 0.2) is 0 Å². The number of hydrogen-bond acceptors (Lipinski definition) is 3. The monoisotopic (exact) mass is 122 g/mol. The highest BCUT2D eigenvalue weighted by Crippen LogP contribution is 1.42. The number of carboxylic acids is 1. The molecule has 0 bridgehead atoms. The van der Waals surface area contributed by atoms with Crippen molar-refractivity contribution in [3.63, 3.8) is 0 Å². The molecule has 52 valence electrons. The first-order valence-electron chi connectivity index (χ1n) is 2.04. The topological polar surface area (TPSA) is 98.3 Å². The lowest BCUT2D eigenvalue weighted by Gasteiger charge is -1.59. The summed E-state index contributed by atoms with van der Waals surface area (Å²) in [6, 6.07) is 0. The van der Waals surface area contributed by atoms with Gasteiger partial charge in [0, 0.05) is 6.92 Å². The minimum Gasteiger partial charge on any atom is -0.481 e. The molecule has 0 rings (SSSR count). The van der Waals surface area contributed by atoms with Crippen LogP contribution in [0.1, 0.15) is 13.8 Å². The zero-order chi connectivity index (χ0) is 6.28. The number of carbonyl (C=O) groups is 1. The fourth-order valence-corrected chi connectivity index (χ4v) is 0. The second kappa shape index (κ2) is 16.2. The van der Waals surface area contributed by atoms with Crippen LogP contribution in [0.25, 0.3) is 0 Å². The van der Waals surface area contributed by atoms with E-state index >= 15 is 0 Å². The first-order valence-corrected chi connectivity index (χ1v) is 2.04. The van der Waals surface area contributed by atoms with Crippen LogP contribution in [-0.4, -0.2) is 17.6 Å². The van der Waals surface area contributed by atoms with Crippen LogP contribution in [0, 0.1) is 0 Å². The highest BCUT2D eigenvalue weighted by Gasteiger charge is 1.65. The third-order valence-electron chi connectivity index (χ3n) is 0. The lowest BCUT2D eigenvalue weighted by molar-refractivity contribution is -0.134. The Hall–Kier alpha value is -0.610. The third-order valence-corrected chi connectivity index (χ3v) is 0. The van der Waals surface area contributed by atoms with Crippen LogP contribution in [0.2, 0.25) is 0 Å². The molecule has 0 atom stereocenters. The fraction of sp³-hybridized carbons (Fsp3) is 0.750. The van der Waals surface area contributed by atoms with Gasteiger partial charge in [0.25, 0.3) is 5.97 Å². The van der Waals surface area contributed by atoms with Crippen LogP contribution in [-0.2, 0) is 4.79 Å². The summed E-state index contributed by atoms with van der Waals surface area (Å²) in [5.41, 5.74) is 4.85. The molecule has 0 aliphatic heterocycles. The molecule has 0 aliphatic rings. The predicted octanol–water partition coefficient (Wildman–Crippen LogP) is 0.218. The Kier molecular flexibility index (Phi) is 31.6. The molecule has 0 spiro atoms. The Bertz CT molecular complexity index is 43.3. The molecule has 0 aromatic heterocycles. The molecule has 0 aromatic carbocycles. The SMILES string of the molecule is CC(=O)O.CCN.N. The first-order chi connectivity index (χ1) is 3.15. The molecule has 0 radical (unpaired) electrons. The van der Waals surface area contributed by atoms with E-state index in [4.69, 9.17) is 15.6 Å². The maximum absolute atomic E-state index is 9.00. The van der Waals surface area contributed by atoms with Crippen molar-refractivity contribution in [2.45, 2.75) is 13.8 Å². The van der Waals surface area contributed by atoms with Crippen molar-refractivity contribution >= 4 is 5.97 Å². The highest BCUT2D eigenvalue weighted by atomic mass is 16.4. The maximum Gasteiger partial charge on any atom is 0.300 e. The zero-order valence-corrected chi connectivity index (χ0v) is 5.35. The minimum atomic E-state index is -0.833. The van der Waals surface area contributed by atoms with E-state index in [-0.39, 0.29) is 6.15 Å². The lowest BCUT2D eigenvalue weighted by atomic mass is 10.8. The number of carboxylic acid groups (broad SMARTS) is 1. The van der Waals surface area contributed by atoms with Gasteiger partial charge in [0.2, 0.25) is 0 Å². The molecule has 4 nitrogen and oxygen atoms in total. The van der Waals surface area contributed by atoms with Gasteiger partial charge in [0.05, 0.1) is 0 Å². The zero-order valence-electron chi connectivity index (χ0n) is 5.35. The third kappa shape index (κ3) is 279. The summed E-state index contributed by atoms with van der Waals surface area (Å²) in [6.45, 7) is 3.74. The van der Waals surface area contributed by atoms with E-state index in [0.29, 0.717) is 0 Å². The quantitative estimate of drug-likeness (QED) is 0.428. The van der Waals surface area contributed by atoms with Crippen molar-refractivity contribution in [2.75, 3.05) is 6.54 Å². The van der Waals surface area contributed by atoms with Gasteiger partial charge in [-0.2, -0.15) is 0 Å². The van der Waals surface area contributed by atoms with Gasteiger partial charge in [-0.05, 0) is 6.54 Å². The Morgan fingerprint density at radius 2 is 1.75 bits per heavy atom. The summed E-state index contributed by atoms with van der Waals surface area (Å²) in [4.78, 5) is 9.00. The van der Waals surface area contributed by atoms with E-state index in [0.717, 1.165) is 13.5 Å². The molecule has 4 heteroatoms. The number of rotatable bonds is 0. The van der Waals surface area contributed by atoms with Gasteiger partial charge in [-0.15, -0.1) is 0 Å². The summed E-state index contributed by atoms with van der Waals surface area (Å²) in [7, 11) is 0. The minimum absolute atomic E-state index is 0. The fourth-order valence-electron chi connectivity index (χ4n) is 0. The van der Waals surface area contributed by atoms with Gasteiger partial charge in [-0.1, -0.05) is 6.92 Å². The molecule has 0 saturated heterocycles. The first kappa shape index (κ1) is 15.7. The van der Waals surface area contributed by atoms with Crippen molar-refractivity contribution < 1.29 is 9.90 Å². The summed E-state index contributed by atoms with van der Waals surface area (Å²) in [5, 5.41) is 7.42. The van der Waals surface area contributed by atoms with E-state index in [1.807, 2.05) is 6.92 Å². The lowest BCUT2D eigenvalue weighted by Crippen LogP contribution is -1.87. The number of nitrogens with two attached hydrogens (primary N) is 1. The van der Waals surface area contributed by atoms with Crippen molar-refractivity contribution in [2.24, 2.45) is 5.73 Å². The molecule has 0 saturated carbocycles. The van der Waals surface area contributed by atoms with Crippen molar-refractivity contribution in [3.8, 4) is 0 Å². The van der Waals surface area contributed by atoms with E-state index in [2.05, 4.69) is 0 Å². The molecule has 0 amide bonds. The van der Waals surface area contributed by atoms with E-state index in [1.54, 1.807) is 0 Å². The Morgan fingerprint density at radius 3 is 1.75 bits per heavy atom. The van der Waals surface area contributed by atoms with Crippen LogP contribution >= 0.6 is 0 Å². The smallest absolute Gasteiger partial charge is 0.300 e. The summed E-state index contributed by atoms with van der Waals surface area (Å²) in [5.74, 6) is -0.833. The van der Waals surface area contributed by atoms with Crippen LogP contribution in [0.3, 0.4) is 0 Å². The van der Waals surface area contributed by atoms with E-state index < -0.39 is 5.97 Å². The maximum atomic E-state index is 9.00. The van der Waals surface area contributed by atoms with Gasteiger partial charge >= 0.3 is 0 Å². The second-order valence-electron chi connectivity index (χ2n) is 0.927. The summed E-state index contributed by atoms with van der Waals surface area (Å²) in [6.07, 6.45) is 0. The largest absolute Gasteiger partial charge is 0.481 e. The summed E-state index contributed by atoms with van der Waals surface area (Å²) >= 11 is 0. The Morgan fingerprint density at radius 1 is 1.75 bits per heavy atom. The van der Waals surface area contributed by atoms with Gasteiger partial charge in [-0.3, -0.25) is 4.79 Å². The molecule has 0 aromatic rings.